The van der Waals surface area contributed by atoms with Crippen LogP contribution in [0.2, 0.25) is 0 Å². The Morgan fingerprint density at radius 2 is 0.750 bits per heavy atom. The Kier molecular flexibility index (Phi) is 412. The first-order valence-corrected chi connectivity index (χ1v) is 0. The second-order valence-corrected chi connectivity index (χ2v) is 0. The standard InChI is InChI=1S/Ag.2O.Ru/q+1;2*-2;+3. The number of hydrogen-bond donors (Lipinski definition) is 0. The molecule has 0 unspecified atom stereocenters. The third kappa shape index (κ3) is 10.4. The zero-order valence-corrected chi connectivity index (χ0v) is 4.69. The van der Waals surface area contributed by atoms with Crippen LogP contribution in [0.3, 0.4) is 0 Å². The van der Waals surface area contributed by atoms with Gasteiger partial charge in [0.2, 0.25) is 0 Å². The van der Waals surface area contributed by atoms with Crippen LogP contribution >= 0.6 is 0 Å². The normalized spacial score (nSPS) is 0. The van der Waals surface area contributed by atoms with E-state index in [-0.39, 0.29) is 52.8 Å². The molecule has 0 bridgehead atoms. The Bertz CT molecular complexity index is 6.00. The van der Waals surface area contributed by atoms with Crippen molar-refractivity contribution in [1.29, 1.82) is 0 Å². The van der Waals surface area contributed by atoms with Gasteiger partial charge in [0.1, 0.15) is 0 Å². The van der Waals surface area contributed by atoms with E-state index in [2.05, 4.69) is 0 Å². The molecule has 0 aliphatic heterocycles. The molecule has 0 saturated carbocycles. The summed E-state index contributed by atoms with van der Waals surface area (Å²) < 4.78 is 0. The molecular weight excluding hydrogens is 241 g/mol. The first-order valence-electron chi connectivity index (χ1n) is 0. The van der Waals surface area contributed by atoms with Gasteiger partial charge in [0.25, 0.3) is 0 Å². The van der Waals surface area contributed by atoms with Crippen molar-refractivity contribution in [2.75, 3.05) is 0 Å². The van der Waals surface area contributed by atoms with Gasteiger partial charge in [0.05, 0.1) is 0 Å². The van der Waals surface area contributed by atoms with E-state index < -0.39 is 0 Å². The Balaban J connectivity index is 0. The van der Waals surface area contributed by atoms with Crippen LogP contribution in [0.5, 0.6) is 0 Å². The van der Waals surface area contributed by atoms with Gasteiger partial charge in [-0.05, 0) is 0 Å². The summed E-state index contributed by atoms with van der Waals surface area (Å²) in [6, 6.07) is 0. The van der Waals surface area contributed by atoms with Crippen LogP contribution in [0.15, 0.2) is 0 Å². The van der Waals surface area contributed by atoms with Crippen LogP contribution in [-0.2, 0) is 52.8 Å². The Morgan fingerprint density at radius 1 is 0.750 bits per heavy atom. The average Bonchev–Trinajstić information content (AvgIpc) is 0. The van der Waals surface area contributed by atoms with Gasteiger partial charge >= 0.3 is 41.9 Å². The minimum atomic E-state index is 0. The van der Waals surface area contributed by atoms with Crippen LogP contribution in [-0.4, -0.2) is 0 Å². The van der Waals surface area contributed by atoms with Crippen LogP contribution in [0.25, 0.3) is 0 Å². The van der Waals surface area contributed by atoms with Crippen molar-refractivity contribution < 1.29 is 52.8 Å². The summed E-state index contributed by atoms with van der Waals surface area (Å²) in [4.78, 5) is 0. The van der Waals surface area contributed by atoms with E-state index in [1.165, 1.54) is 0 Å². The molecule has 0 amide bonds. The van der Waals surface area contributed by atoms with Crippen LogP contribution < -0.4 is 0 Å². The summed E-state index contributed by atoms with van der Waals surface area (Å²) in [6.07, 6.45) is 0. The maximum Gasteiger partial charge on any atom is 3.00 e. The SMILES string of the molecule is [Ag+].[O-2].[O-2].[Ru+3]. The van der Waals surface area contributed by atoms with Gasteiger partial charge in [0, 0.05) is 0 Å². The third-order valence-corrected chi connectivity index (χ3v) is 0. The fourth-order valence-corrected chi connectivity index (χ4v) is 0. The number of rotatable bonds is 0. The van der Waals surface area contributed by atoms with Crippen molar-refractivity contribution in [3.8, 4) is 0 Å². The minimum Gasteiger partial charge on any atom is -2.00 e. The molecule has 0 aromatic heterocycles. The van der Waals surface area contributed by atoms with Crippen molar-refractivity contribution >= 4 is 0 Å². The molecule has 4 heavy (non-hydrogen) atoms. The summed E-state index contributed by atoms with van der Waals surface area (Å²) in [5, 5.41) is 0. The van der Waals surface area contributed by atoms with Gasteiger partial charge in [-0.1, -0.05) is 0 Å². The smallest absolute Gasteiger partial charge is 2.00 e. The van der Waals surface area contributed by atoms with Crippen LogP contribution in [0.1, 0.15) is 0 Å². The van der Waals surface area contributed by atoms with Crippen molar-refractivity contribution in [3.05, 3.63) is 0 Å². The molecule has 0 aromatic carbocycles. The molecule has 0 heterocycles. The molecule has 0 saturated heterocycles. The second kappa shape index (κ2) is 28.0. The summed E-state index contributed by atoms with van der Waals surface area (Å²) in [5.74, 6) is 0. The molecule has 1 radical (unpaired) electrons. The van der Waals surface area contributed by atoms with E-state index >= 15 is 0 Å². The van der Waals surface area contributed by atoms with Gasteiger partial charge in [-0.2, -0.15) is 0 Å². The van der Waals surface area contributed by atoms with Crippen molar-refractivity contribution in [3.63, 3.8) is 0 Å². The Morgan fingerprint density at radius 3 is 0.750 bits per heavy atom. The zero-order valence-electron chi connectivity index (χ0n) is 1.47. The predicted octanol–water partition coefficient (Wildman–Crippen LogP) is -0.243. The molecule has 0 aromatic rings. The van der Waals surface area contributed by atoms with Gasteiger partial charge < -0.3 is 11.0 Å². The molecule has 0 N–H and O–H groups in total. The molecule has 0 aliphatic carbocycles. The predicted molar refractivity (Wildman–Crippen MR) is 1.37 cm³/mol. The van der Waals surface area contributed by atoms with Crippen LogP contribution in [0.4, 0.5) is 0 Å². The van der Waals surface area contributed by atoms with Crippen molar-refractivity contribution in [2.24, 2.45) is 0 Å². The van der Waals surface area contributed by atoms with Gasteiger partial charge in [-0.15, -0.1) is 0 Å². The molecule has 31 valence electrons. The van der Waals surface area contributed by atoms with Crippen LogP contribution in [0, 0.1) is 0 Å². The van der Waals surface area contributed by atoms with Gasteiger partial charge in [-0.3, -0.25) is 0 Å². The van der Waals surface area contributed by atoms with Crippen molar-refractivity contribution in [2.45, 2.75) is 0 Å². The largest absolute Gasteiger partial charge is 3.00 e. The fraction of sp³-hybridized carbons (Fsp3) is 0. The molecule has 0 rings (SSSR count). The zero-order chi connectivity index (χ0) is 0. The maximum atomic E-state index is 0. The molecule has 0 aliphatic rings. The molecule has 0 spiro atoms. The Labute approximate surface area is 52.8 Å². The van der Waals surface area contributed by atoms with E-state index in [1.54, 1.807) is 0 Å². The number of hydrogen-bond acceptors (Lipinski definition) is 0. The van der Waals surface area contributed by atoms with E-state index in [0.29, 0.717) is 0 Å². The van der Waals surface area contributed by atoms with Gasteiger partial charge in [-0.25, -0.2) is 0 Å². The van der Waals surface area contributed by atoms with Gasteiger partial charge in [0.15, 0.2) is 0 Å². The topological polar surface area (TPSA) is 57.0 Å². The maximum absolute atomic E-state index is 0. The molecule has 0 atom stereocenters. The van der Waals surface area contributed by atoms with Crippen molar-refractivity contribution in [1.82, 2.24) is 0 Å². The van der Waals surface area contributed by atoms with E-state index in [1.807, 2.05) is 0 Å². The quantitative estimate of drug-likeness (QED) is 0.525. The average molecular weight is 241 g/mol. The summed E-state index contributed by atoms with van der Waals surface area (Å²) in [6.45, 7) is 0. The summed E-state index contributed by atoms with van der Waals surface area (Å²) in [5.41, 5.74) is 0. The molecule has 2 nitrogen and oxygen atoms in total. The fourth-order valence-electron chi connectivity index (χ4n) is 0. The first kappa shape index (κ1) is 58.8. The summed E-state index contributed by atoms with van der Waals surface area (Å²) >= 11 is 0. The first-order chi connectivity index (χ1) is 0. The molecule has 4 heteroatoms. The van der Waals surface area contributed by atoms with E-state index in [4.69, 9.17) is 0 Å². The Hall–Kier alpha value is 1.28. The third-order valence-electron chi connectivity index (χ3n) is 0. The molecule has 0 fully saturated rings. The monoisotopic (exact) mass is 241 g/mol. The van der Waals surface area contributed by atoms with E-state index in [0.717, 1.165) is 0 Å². The second-order valence-electron chi connectivity index (χ2n) is 0. The summed E-state index contributed by atoms with van der Waals surface area (Å²) in [7, 11) is 0. The van der Waals surface area contributed by atoms with E-state index in [9.17, 15) is 0 Å². The minimum absolute atomic E-state index is 0. The molecular formula is AgO2Ru.